The molecule has 0 atom stereocenters. The van der Waals surface area contributed by atoms with Crippen LogP contribution in [0.5, 0.6) is 0 Å². The Hall–Kier alpha value is -6.78. The molecule has 0 aliphatic heterocycles. The standard InChI is InChI=1S/C48H31N3O/c1-3-14-30(15-4-1)46-38-21-9-11-24-41(38)49-48(50-46)40-29-44-45(37-20-8-7-18-34(37)40)39-23-13-22-33(47(39)52-44)31-26-27-36-35-19-10-12-25-42(35)51(43(36)28-31)32-16-5-2-6-17-32/h1-8,10-20,22-29H,9,21H2. The van der Waals surface area contributed by atoms with Crippen LogP contribution in [0.3, 0.4) is 0 Å². The number of aromatic nitrogens is 3. The van der Waals surface area contributed by atoms with Gasteiger partial charge in [0.25, 0.3) is 0 Å². The molecule has 7 aromatic carbocycles. The molecule has 0 fully saturated rings. The fourth-order valence-corrected chi connectivity index (χ4v) is 8.33. The van der Waals surface area contributed by atoms with Crippen LogP contribution in [0.15, 0.2) is 162 Å². The molecule has 0 saturated heterocycles. The van der Waals surface area contributed by atoms with Crippen molar-refractivity contribution in [3.63, 3.8) is 0 Å². The largest absolute Gasteiger partial charge is 0.455 e. The third-order valence-corrected chi connectivity index (χ3v) is 10.7. The average Bonchev–Trinajstić information content (AvgIpc) is 3.76. The van der Waals surface area contributed by atoms with Gasteiger partial charge in [0.2, 0.25) is 0 Å². The van der Waals surface area contributed by atoms with Crippen LogP contribution in [0.4, 0.5) is 0 Å². The number of para-hydroxylation sites is 3. The predicted molar refractivity (Wildman–Crippen MR) is 215 cm³/mol. The van der Waals surface area contributed by atoms with Gasteiger partial charge in [0, 0.05) is 49.5 Å². The molecule has 11 rings (SSSR count). The van der Waals surface area contributed by atoms with E-state index in [0.717, 1.165) is 84.9 Å². The molecule has 0 spiro atoms. The predicted octanol–water partition coefficient (Wildman–Crippen LogP) is 12.6. The highest BCUT2D eigenvalue weighted by Crippen LogP contribution is 2.44. The molecule has 0 N–H and O–H groups in total. The number of rotatable bonds is 4. The number of benzene rings is 7. The maximum atomic E-state index is 6.95. The lowest BCUT2D eigenvalue weighted by Gasteiger charge is -2.17. The summed E-state index contributed by atoms with van der Waals surface area (Å²) < 4.78 is 9.31. The summed E-state index contributed by atoms with van der Waals surface area (Å²) in [5.41, 5.74) is 12.7. The number of hydrogen-bond acceptors (Lipinski definition) is 3. The van der Waals surface area contributed by atoms with E-state index in [1.165, 1.54) is 27.4 Å². The normalized spacial score (nSPS) is 12.8. The zero-order valence-electron chi connectivity index (χ0n) is 28.3. The zero-order chi connectivity index (χ0) is 34.2. The van der Waals surface area contributed by atoms with Crippen molar-refractivity contribution >= 4 is 60.6 Å². The topological polar surface area (TPSA) is 43.9 Å². The maximum absolute atomic E-state index is 6.95. The van der Waals surface area contributed by atoms with E-state index < -0.39 is 0 Å². The van der Waals surface area contributed by atoms with Gasteiger partial charge in [-0.05, 0) is 65.6 Å². The van der Waals surface area contributed by atoms with Crippen molar-refractivity contribution in [2.75, 3.05) is 0 Å². The van der Waals surface area contributed by atoms with Gasteiger partial charge in [-0.2, -0.15) is 0 Å². The van der Waals surface area contributed by atoms with E-state index in [0.29, 0.717) is 5.82 Å². The summed E-state index contributed by atoms with van der Waals surface area (Å²) in [5, 5.41) is 6.91. The molecular weight excluding hydrogens is 635 g/mol. The Kier molecular flexibility index (Phi) is 6.34. The van der Waals surface area contributed by atoms with Gasteiger partial charge >= 0.3 is 0 Å². The molecule has 10 aromatic rings. The van der Waals surface area contributed by atoms with Crippen LogP contribution < -0.4 is 0 Å². The second kappa shape index (κ2) is 11.4. The minimum absolute atomic E-state index is 0.710. The first-order valence-corrected chi connectivity index (χ1v) is 17.9. The molecule has 1 aliphatic rings. The van der Waals surface area contributed by atoms with Crippen LogP contribution in [0.25, 0.3) is 100 Å². The monoisotopic (exact) mass is 665 g/mol. The van der Waals surface area contributed by atoms with Gasteiger partial charge < -0.3 is 8.98 Å². The maximum Gasteiger partial charge on any atom is 0.161 e. The number of allylic oxidation sites excluding steroid dienone is 1. The van der Waals surface area contributed by atoms with Gasteiger partial charge in [-0.25, -0.2) is 9.97 Å². The Morgan fingerprint density at radius 2 is 1.27 bits per heavy atom. The molecule has 3 aromatic heterocycles. The lowest BCUT2D eigenvalue weighted by molar-refractivity contribution is 0.670. The fourth-order valence-electron chi connectivity index (χ4n) is 8.33. The van der Waals surface area contributed by atoms with Crippen LogP contribution >= 0.6 is 0 Å². The number of furan rings is 1. The fraction of sp³-hybridized carbons (Fsp3) is 0.0417. The zero-order valence-corrected chi connectivity index (χ0v) is 28.3. The second-order valence-electron chi connectivity index (χ2n) is 13.6. The second-order valence-corrected chi connectivity index (χ2v) is 13.6. The molecule has 0 saturated carbocycles. The molecule has 4 heteroatoms. The van der Waals surface area contributed by atoms with Gasteiger partial charge in [0.15, 0.2) is 5.82 Å². The molecule has 1 aliphatic carbocycles. The summed E-state index contributed by atoms with van der Waals surface area (Å²) >= 11 is 0. The average molecular weight is 666 g/mol. The first-order valence-electron chi connectivity index (χ1n) is 17.9. The lowest BCUT2D eigenvalue weighted by atomic mass is 9.94. The van der Waals surface area contributed by atoms with Crippen molar-refractivity contribution in [1.82, 2.24) is 14.5 Å². The highest BCUT2D eigenvalue weighted by atomic mass is 16.3. The molecule has 244 valence electrons. The van der Waals surface area contributed by atoms with Crippen molar-refractivity contribution in [2.24, 2.45) is 0 Å². The quantitative estimate of drug-likeness (QED) is 0.188. The summed E-state index contributed by atoms with van der Waals surface area (Å²) in [6, 6.07) is 53.8. The highest BCUT2D eigenvalue weighted by Gasteiger charge is 2.22. The van der Waals surface area contributed by atoms with Gasteiger partial charge in [0.1, 0.15) is 11.2 Å². The Morgan fingerprint density at radius 1 is 0.538 bits per heavy atom. The molecule has 3 heterocycles. The summed E-state index contributed by atoms with van der Waals surface area (Å²) in [4.78, 5) is 10.5. The van der Waals surface area contributed by atoms with Gasteiger partial charge in [0.05, 0.1) is 22.4 Å². The third-order valence-electron chi connectivity index (χ3n) is 10.7. The Balaban J connectivity index is 1.15. The smallest absolute Gasteiger partial charge is 0.161 e. The molecule has 4 nitrogen and oxygen atoms in total. The minimum Gasteiger partial charge on any atom is -0.455 e. The van der Waals surface area contributed by atoms with E-state index in [2.05, 4.69) is 168 Å². The van der Waals surface area contributed by atoms with Crippen LogP contribution in [-0.2, 0) is 6.42 Å². The van der Waals surface area contributed by atoms with Crippen LogP contribution in [-0.4, -0.2) is 14.5 Å². The molecule has 0 unspecified atom stereocenters. The van der Waals surface area contributed by atoms with E-state index >= 15 is 0 Å². The van der Waals surface area contributed by atoms with Crippen molar-refractivity contribution in [3.8, 4) is 39.5 Å². The molecule has 0 amide bonds. The van der Waals surface area contributed by atoms with Crippen molar-refractivity contribution in [2.45, 2.75) is 12.8 Å². The first-order chi connectivity index (χ1) is 25.8. The third kappa shape index (κ3) is 4.34. The van der Waals surface area contributed by atoms with Crippen molar-refractivity contribution in [1.29, 1.82) is 0 Å². The van der Waals surface area contributed by atoms with Gasteiger partial charge in [-0.15, -0.1) is 0 Å². The summed E-state index contributed by atoms with van der Waals surface area (Å²) in [5.74, 6) is 0.710. The van der Waals surface area contributed by atoms with E-state index in [1.54, 1.807) is 0 Å². The number of hydrogen-bond donors (Lipinski definition) is 0. The molecule has 52 heavy (non-hydrogen) atoms. The Bertz CT molecular complexity index is 3060. The van der Waals surface area contributed by atoms with E-state index in [1.807, 2.05) is 0 Å². The summed E-state index contributed by atoms with van der Waals surface area (Å²) in [6.07, 6.45) is 6.29. The first kappa shape index (κ1) is 29.0. The van der Waals surface area contributed by atoms with Crippen molar-refractivity contribution in [3.05, 3.63) is 169 Å². The van der Waals surface area contributed by atoms with Crippen LogP contribution in [0.1, 0.15) is 17.7 Å². The molecule has 0 radical (unpaired) electrons. The summed E-state index contributed by atoms with van der Waals surface area (Å²) in [7, 11) is 0. The molecular formula is C48H31N3O. The van der Waals surface area contributed by atoms with Crippen LogP contribution in [0, 0.1) is 0 Å². The van der Waals surface area contributed by atoms with E-state index in [-0.39, 0.29) is 0 Å². The number of fused-ring (bicyclic) bond motifs is 9. The van der Waals surface area contributed by atoms with Gasteiger partial charge in [-0.1, -0.05) is 127 Å². The van der Waals surface area contributed by atoms with E-state index in [4.69, 9.17) is 14.4 Å². The minimum atomic E-state index is 0.710. The summed E-state index contributed by atoms with van der Waals surface area (Å²) in [6.45, 7) is 0. The van der Waals surface area contributed by atoms with Crippen molar-refractivity contribution < 1.29 is 4.42 Å². The SMILES string of the molecule is C1=Cc2nc(-c3cc4oc5c(-c6ccc7c8ccccc8n(-c8ccccc8)c7c6)cccc5c4c4ccccc34)nc(-c3ccccc3)c2CC1. The lowest BCUT2D eigenvalue weighted by Crippen LogP contribution is -2.05. The Labute approximate surface area is 299 Å². The van der Waals surface area contributed by atoms with E-state index in [9.17, 15) is 0 Å². The van der Waals surface area contributed by atoms with Crippen LogP contribution in [0.2, 0.25) is 0 Å². The number of nitrogens with zero attached hydrogens (tertiary/aromatic N) is 3. The van der Waals surface area contributed by atoms with Gasteiger partial charge in [-0.3, -0.25) is 0 Å². The molecule has 0 bridgehead atoms. The Morgan fingerprint density at radius 3 is 2.13 bits per heavy atom. The highest BCUT2D eigenvalue weighted by molar-refractivity contribution is 6.23.